The fourth-order valence-electron chi connectivity index (χ4n) is 3.96. The van der Waals surface area contributed by atoms with Crippen LogP contribution in [0.4, 0.5) is 0 Å². The number of hydrogen-bond donors (Lipinski definition) is 2. The van der Waals surface area contributed by atoms with Gasteiger partial charge >= 0.3 is 0 Å². The molecule has 0 radical (unpaired) electrons. The summed E-state index contributed by atoms with van der Waals surface area (Å²) in [5.74, 6) is 2.59. The molecule has 4 rings (SSSR count). The highest BCUT2D eigenvalue weighted by Crippen LogP contribution is 2.32. The standard InChI is InChI=1S/C30H29NO4/c1-2-22-12-14-26(15-13-22)27-18-28(30(33)31-17-16-23-6-4-3-5-7-23)35-29(19-27)34-21-25-10-8-24(20-32)9-11-25/h1,3-15,18,27,29,32H,16-17,19-21H2,(H,31,33)/t27-,29+/m0/s1. The number of benzene rings is 3. The number of hydrogen-bond acceptors (Lipinski definition) is 4. The van der Waals surface area contributed by atoms with E-state index in [2.05, 4.69) is 11.2 Å². The van der Waals surface area contributed by atoms with Gasteiger partial charge < -0.3 is 19.9 Å². The lowest BCUT2D eigenvalue weighted by atomic mass is 9.92. The predicted molar refractivity (Wildman–Crippen MR) is 135 cm³/mol. The van der Waals surface area contributed by atoms with Gasteiger partial charge in [0.2, 0.25) is 6.29 Å². The third-order valence-electron chi connectivity index (χ3n) is 5.97. The molecule has 178 valence electrons. The van der Waals surface area contributed by atoms with E-state index in [1.807, 2.05) is 84.9 Å². The van der Waals surface area contributed by atoms with Gasteiger partial charge in [-0.15, -0.1) is 6.42 Å². The van der Waals surface area contributed by atoms with Gasteiger partial charge in [-0.2, -0.15) is 0 Å². The maximum absolute atomic E-state index is 12.9. The molecule has 5 nitrogen and oxygen atoms in total. The van der Waals surface area contributed by atoms with Gasteiger partial charge in [-0.05, 0) is 46.9 Å². The zero-order valence-electron chi connectivity index (χ0n) is 19.5. The fourth-order valence-corrected chi connectivity index (χ4v) is 3.96. The molecule has 2 atom stereocenters. The minimum absolute atomic E-state index is 0.000554. The lowest BCUT2D eigenvalue weighted by Crippen LogP contribution is -2.33. The van der Waals surface area contributed by atoms with E-state index in [1.165, 1.54) is 0 Å². The first-order valence-electron chi connectivity index (χ1n) is 11.7. The zero-order chi connectivity index (χ0) is 24.5. The van der Waals surface area contributed by atoms with E-state index in [1.54, 1.807) is 0 Å². The van der Waals surface area contributed by atoms with Crippen molar-refractivity contribution in [2.24, 2.45) is 0 Å². The molecule has 0 saturated carbocycles. The number of aliphatic hydroxyl groups is 1. The van der Waals surface area contributed by atoms with E-state index >= 15 is 0 Å². The molecule has 0 aliphatic carbocycles. The third-order valence-corrected chi connectivity index (χ3v) is 5.97. The molecule has 0 bridgehead atoms. The number of carbonyl (C=O) groups is 1. The molecule has 0 fully saturated rings. The predicted octanol–water partition coefficient (Wildman–Crippen LogP) is 4.45. The van der Waals surface area contributed by atoms with Crippen LogP contribution in [0, 0.1) is 12.3 Å². The first-order valence-corrected chi connectivity index (χ1v) is 11.7. The highest BCUT2D eigenvalue weighted by Gasteiger charge is 2.28. The summed E-state index contributed by atoms with van der Waals surface area (Å²) in [6, 6.07) is 25.3. The lowest BCUT2D eigenvalue weighted by Gasteiger charge is -2.29. The Morgan fingerprint density at radius 2 is 1.71 bits per heavy atom. The summed E-state index contributed by atoms with van der Waals surface area (Å²) < 4.78 is 12.0. The summed E-state index contributed by atoms with van der Waals surface area (Å²) in [5, 5.41) is 12.2. The molecule has 35 heavy (non-hydrogen) atoms. The molecule has 5 heteroatoms. The van der Waals surface area contributed by atoms with Crippen LogP contribution in [-0.4, -0.2) is 23.8 Å². The second kappa shape index (κ2) is 12.0. The molecule has 0 spiro atoms. The maximum atomic E-state index is 12.9. The Hall–Kier alpha value is -3.85. The summed E-state index contributed by atoms with van der Waals surface area (Å²) in [6.07, 6.45) is 8.09. The Labute approximate surface area is 206 Å². The molecule has 3 aromatic carbocycles. The van der Waals surface area contributed by atoms with Gasteiger partial charge in [-0.1, -0.05) is 72.7 Å². The minimum Gasteiger partial charge on any atom is -0.459 e. The van der Waals surface area contributed by atoms with Crippen molar-refractivity contribution in [1.82, 2.24) is 5.32 Å². The number of aliphatic hydroxyl groups excluding tert-OH is 1. The Balaban J connectivity index is 1.44. The molecule has 0 saturated heterocycles. The SMILES string of the molecule is C#Cc1ccc([C@H]2C=C(C(=O)NCCc3ccccc3)O[C@@H](OCc3ccc(CO)cc3)C2)cc1. The first-order chi connectivity index (χ1) is 17.1. The first kappa shape index (κ1) is 24.3. The zero-order valence-corrected chi connectivity index (χ0v) is 19.5. The molecular weight excluding hydrogens is 438 g/mol. The molecule has 3 aromatic rings. The number of ether oxygens (including phenoxy) is 2. The van der Waals surface area contributed by atoms with Crippen molar-refractivity contribution in [3.8, 4) is 12.3 Å². The molecule has 0 unspecified atom stereocenters. The largest absolute Gasteiger partial charge is 0.459 e. The number of carbonyl (C=O) groups excluding carboxylic acids is 1. The summed E-state index contributed by atoms with van der Waals surface area (Å²) in [6.45, 7) is 0.844. The lowest BCUT2D eigenvalue weighted by molar-refractivity contribution is -0.150. The Kier molecular flexibility index (Phi) is 8.34. The van der Waals surface area contributed by atoms with Crippen molar-refractivity contribution in [2.45, 2.75) is 38.3 Å². The van der Waals surface area contributed by atoms with Crippen LogP contribution >= 0.6 is 0 Å². The normalized spacial score (nSPS) is 17.1. The molecule has 2 N–H and O–H groups in total. The molecule has 1 heterocycles. The molecule has 1 aliphatic heterocycles. The van der Waals surface area contributed by atoms with E-state index in [0.717, 1.165) is 34.2 Å². The van der Waals surface area contributed by atoms with Crippen LogP contribution in [0.25, 0.3) is 0 Å². The van der Waals surface area contributed by atoms with Crippen LogP contribution in [0.2, 0.25) is 0 Å². The molecular formula is C30H29NO4. The number of rotatable bonds is 9. The molecule has 1 amide bonds. The van der Waals surface area contributed by atoms with E-state index in [-0.39, 0.29) is 24.2 Å². The number of nitrogens with one attached hydrogen (secondary N) is 1. The van der Waals surface area contributed by atoms with Gasteiger partial charge in [0, 0.05) is 24.4 Å². The van der Waals surface area contributed by atoms with Crippen LogP contribution < -0.4 is 5.32 Å². The summed E-state index contributed by atoms with van der Waals surface area (Å²) in [4.78, 5) is 12.9. The number of amides is 1. The van der Waals surface area contributed by atoms with E-state index in [0.29, 0.717) is 19.6 Å². The Morgan fingerprint density at radius 3 is 2.40 bits per heavy atom. The van der Waals surface area contributed by atoms with Gasteiger partial charge in [-0.3, -0.25) is 4.79 Å². The van der Waals surface area contributed by atoms with Crippen molar-refractivity contribution in [3.05, 3.63) is 119 Å². The summed E-state index contributed by atoms with van der Waals surface area (Å²) >= 11 is 0. The molecule has 0 aromatic heterocycles. The van der Waals surface area contributed by atoms with E-state index < -0.39 is 6.29 Å². The number of allylic oxidation sites excluding steroid dienone is 1. The third kappa shape index (κ3) is 6.83. The van der Waals surface area contributed by atoms with Gasteiger partial charge in [0.25, 0.3) is 5.91 Å². The summed E-state index contributed by atoms with van der Waals surface area (Å²) in [5.41, 5.74) is 4.82. The second-order valence-electron chi connectivity index (χ2n) is 8.46. The van der Waals surface area contributed by atoms with Crippen LogP contribution in [0.5, 0.6) is 0 Å². The van der Waals surface area contributed by atoms with Crippen molar-refractivity contribution in [1.29, 1.82) is 0 Å². The van der Waals surface area contributed by atoms with Crippen molar-refractivity contribution in [2.75, 3.05) is 6.54 Å². The van der Waals surface area contributed by atoms with Crippen LogP contribution in [0.1, 0.15) is 40.2 Å². The minimum atomic E-state index is -0.579. The van der Waals surface area contributed by atoms with Gasteiger partial charge in [-0.25, -0.2) is 0 Å². The van der Waals surface area contributed by atoms with Gasteiger partial charge in [0.05, 0.1) is 13.2 Å². The van der Waals surface area contributed by atoms with Crippen molar-refractivity contribution >= 4 is 5.91 Å². The van der Waals surface area contributed by atoms with Crippen LogP contribution in [0.3, 0.4) is 0 Å². The topological polar surface area (TPSA) is 67.8 Å². The highest BCUT2D eigenvalue weighted by atomic mass is 16.7. The summed E-state index contributed by atoms with van der Waals surface area (Å²) in [7, 11) is 0. The Bertz CT molecular complexity index is 1180. The van der Waals surface area contributed by atoms with Crippen LogP contribution in [-0.2, 0) is 33.9 Å². The highest BCUT2D eigenvalue weighted by molar-refractivity contribution is 5.91. The maximum Gasteiger partial charge on any atom is 0.286 e. The van der Waals surface area contributed by atoms with E-state index in [4.69, 9.17) is 15.9 Å². The van der Waals surface area contributed by atoms with Gasteiger partial charge in [0.1, 0.15) is 0 Å². The average Bonchev–Trinajstić information content (AvgIpc) is 2.92. The monoisotopic (exact) mass is 467 g/mol. The quantitative estimate of drug-likeness (QED) is 0.457. The number of terminal acetylenes is 1. The van der Waals surface area contributed by atoms with E-state index in [9.17, 15) is 9.90 Å². The van der Waals surface area contributed by atoms with Crippen LogP contribution in [0.15, 0.2) is 90.7 Å². The second-order valence-corrected chi connectivity index (χ2v) is 8.46. The fraction of sp³-hybridized carbons (Fsp3) is 0.233. The van der Waals surface area contributed by atoms with Crippen molar-refractivity contribution < 1.29 is 19.4 Å². The average molecular weight is 468 g/mol. The smallest absolute Gasteiger partial charge is 0.286 e. The Morgan fingerprint density at radius 1 is 1.00 bits per heavy atom. The van der Waals surface area contributed by atoms with Crippen molar-refractivity contribution in [3.63, 3.8) is 0 Å². The van der Waals surface area contributed by atoms with Gasteiger partial charge in [0.15, 0.2) is 5.76 Å². The molecule has 1 aliphatic rings.